The number of anilines is 1. The van der Waals surface area contributed by atoms with Crippen LogP contribution < -0.4 is 10.5 Å². The number of hydrogen-bond acceptors (Lipinski definition) is 5. The zero-order valence-corrected chi connectivity index (χ0v) is 14.6. The monoisotopic (exact) mass is 376 g/mol. The van der Waals surface area contributed by atoms with Crippen molar-refractivity contribution in [3.8, 4) is 0 Å². The smallest absolute Gasteiger partial charge is 0.241 e. The van der Waals surface area contributed by atoms with Crippen LogP contribution in [-0.2, 0) is 10.0 Å². The Morgan fingerprint density at radius 2 is 2.10 bits per heavy atom. The molecule has 1 heterocycles. The Morgan fingerprint density at radius 1 is 1.38 bits per heavy atom. The van der Waals surface area contributed by atoms with Crippen molar-refractivity contribution < 1.29 is 8.42 Å². The summed E-state index contributed by atoms with van der Waals surface area (Å²) in [5.74, 6) is 0. The molecule has 1 unspecified atom stereocenters. The first-order chi connectivity index (χ1) is 9.79. The molecule has 0 spiro atoms. The molecule has 3 N–H and O–H groups in total. The minimum Gasteiger partial charge on any atom is -0.399 e. The summed E-state index contributed by atoms with van der Waals surface area (Å²) >= 11 is 3.26. The molecule has 1 fully saturated rings. The lowest BCUT2D eigenvalue weighted by molar-refractivity contribution is 0.117. The number of benzene rings is 1. The molecule has 0 aliphatic carbocycles. The van der Waals surface area contributed by atoms with Crippen LogP contribution in [0.1, 0.15) is 0 Å². The van der Waals surface area contributed by atoms with Gasteiger partial charge >= 0.3 is 0 Å². The highest BCUT2D eigenvalue weighted by Gasteiger charge is 2.25. The maximum atomic E-state index is 12.4. The third-order valence-corrected chi connectivity index (χ3v) is 6.15. The van der Waals surface area contributed by atoms with E-state index in [1.807, 2.05) is 14.1 Å². The minimum atomic E-state index is -3.58. The van der Waals surface area contributed by atoms with E-state index in [4.69, 9.17) is 5.73 Å². The average Bonchev–Trinajstić information content (AvgIpc) is 2.42. The normalized spacial score (nSPS) is 21.6. The lowest BCUT2D eigenvalue weighted by Gasteiger charge is -2.37. The van der Waals surface area contributed by atoms with E-state index in [9.17, 15) is 8.42 Å². The first kappa shape index (κ1) is 16.7. The van der Waals surface area contributed by atoms with Crippen LogP contribution in [0.2, 0.25) is 0 Å². The SMILES string of the molecule is CN1CCN(C)C(CNS(=O)(=O)c2cc(N)ccc2Br)C1. The Hall–Kier alpha value is -0.670. The fourth-order valence-corrected chi connectivity index (χ4v) is 4.40. The third-order valence-electron chi connectivity index (χ3n) is 3.73. The molecule has 0 saturated carbocycles. The van der Waals surface area contributed by atoms with Gasteiger partial charge in [0.05, 0.1) is 4.90 Å². The summed E-state index contributed by atoms with van der Waals surface area (Å²) in [4.78, 5) is 4.56. The van der Waals surface area contributed by atoms with Crippen molar-refractivity contribution in [3.63, 3.8) is 0 Å². The van der Waals surface area contributed by atoms with Crippen LogP contribution in [0, 0.1) is 0 Å². The number of likely N-dealkylation sites (N-methyl/N-ethyl adjacent to an activating group) is 2. The van der Waals surface area contributed by atoms with E-state index in [0.29, 0.717) is 16.7 Å². The summed E-state index contributed by atoms with van der Waals surface area (Å²) in [6, 6.07) is 4.93. The Bertz CT molecular complexity index is 608. The van der Waals surface area contributed by atoms with Crippen molar-refractivity contribution in [1.82, 2.24) is 14.5 Å². The molecule has 1 aromatic rings. The van der Waals surface area contributed by atoms with Gasteiger partial charge in [0, 0.05) is 42.4 Å². The van der Waals surface area contributed by atoms with Gasteiger partial charge in [-0.2, -0.15) is 0 Å². The highest BCUT2D eigenvalue weighted by atomic mass is 79.9. The van der Waals surface area contributed by atoms with E-state index in [-0.39, 0.29) is 10.9 Å². The van der Waals surface area contributed by atoms with Crippen LogP contribution in [0.15, 0.2) is 27.6 Å². The number of nitrogens with one attached hydrogen (secondary N) is 1. The number of sulfonamides is 1. The van der Waals surface area contributed by atoms with Crippen molar-refractivity contribution in [2.75, 3.05) is 46.0 Å². The fourth-order valence-electron chi connectivity index (χ4n) is 2.33. The third kappa shape index (κ3) is 4.17. The molecular weight excluding hydrogens is 356 g/mol. The van der Waals surface area contributed by atoms with Gasteiger partial charge in [-0.3, -0.25) is 4.90 Å². The van der Waals surface area contributed by atoms with Gasteiger partial charge in [-0.25, -0.2) is 13.1 Å². The predicted octanol–water partition coefficient (Wildman–Crippen LogP) is 0.555. The van der Waals surface area contributed by atoms with E-state index in [0.717, 1.165) is 19.6 Å². The number of rotatable bonds is 4. The molecule has 2 rings (SSSR count). The quantitative estimate of drug-likeness (QED) is 0.750. The Labute approximate surface area is 134 Å². The van der Waals surface area contributed by atoms with Crippen molar-refractivity contribution in [3.05, 3.63) is 22.7 Å². The van der Waals surface area contributed by atoms with Crippen LogP contribution in [0.3, 0.4) is 0 Å². The molecule has 0 aromatic heterocycles. The van der Waals surface area contributed by atoms with E-state index in [1.54, 1.807) is 12.1 Å². The molecule has 0 bridgehead atoms. The van der Waals surface area contributed by atoms with Gasteiger partial charge < -0.3 is 10.6 Å². The lowest BCUT2D eigenvalue weighted by Crippen LogP contribution is -2.54. The first-order valence-electron chi connectivity index (χ1n) is 6.73. The summed E-state index contributed by atoms with van der Waals surface area (Å²) in [6.45, 7) is 3.16. The van der Waals surface area contributed by atoms with Crippen molar-refractivity contribution in [2.45, 2.75) is 10.9 Å². The minimum absolute atomic E-state index is 0.165. The van der Waals surface area contributed by atoms with Gasteiger partial charge in [0.2, 0.25) is 10.0 Å². The topological polar surface area (TPSA) is 78.7 Å². The van der Waals surface area contributed by atoms with Gasteiger partial charge in [-0.1, -0.05) is 0 Å². The summed E-state index contributed by atoms with van der Waals surface area (Å²) in [6.07, 6.45) is 0. The van der Waals surface area contributed by atoms with Gasteiger partial charge in [0.15, 0.2) is 0 Å². The standard InChI is InChI=1S/C13H21BrN4O2S/c1-17-5-6-18(2)11(9-17)8-16-21(19,20)13-7-10(15)3-4-12(13)14/h3-4,7,11,16H,5-6,8-9,15H2,1-2H3. The summed E-state index contributed by atoms with van der Waals surface area (Å²) < 4.78 is 28.0. The summed E-state index contributed by atoms with van der Waals surface area (Å²) in [5.41, 5.74) is 6.10. The van der Waals surface area contributed by atoms with Crippen molar-refractivity contribution in [1.29, 1.82) is 0 Å². The molecule has 8 heteroatoms. The average molecular weight is 377 g/mol. The number of nitrogen functional groups attached to an aromatic ring is 1. The summed E-state index contributed by atoms with van der Waals surface area (Å²) in [7, 11) is 0.485. The molecule has 1 saturated heterocycles. The van der Waals surface area contributed by atoms with E-state index in [2.05, 4.69) is 30.5 Å². The second kappa shape index (κ2) is 6.62. The Kier molecular flexibility index (Phi) is 5.26. The largest absolute Gasteiger partial charge is 0.399 e. The number of hydrogen-bond donors (Lipinski definition) is 2. The Morgan fingerprint density at radius 3 is 2.81 bits per heavy atom. The molecule has 0 radical (unpaired) electrons. The fraction of sp³-hybridized carbons (Fsp3) is 0.538. The molecule has 1 aliphatic rings. The molecule has 118 valence electrons. The number of halogens is 1. The maximum Gasteiger partial charge on any atom is 0.241 e. The number of piperazine rings is 1. The van der Waals surface area contributed by atoms with Crippen molar-refractivity contribution >= 4 is 31.6 Å². The molecule has 0 amide bonds. The zero-order valence-electron chi connectivity index (χ0n) is 12.2. The van der Waals surface area contributed by atoms with E-state index >= 15 is 0 Å². The van der Waals surface area contributed by atoms with Crippen LogP contribution in [-0.4, -0.2) is 64.5 Å². The maximum absolute atomic E-state index is 12.4. The second-order valence-electron chi connectivity index (χ2n) is 5.44. The van der Waals surface area contributed by atoms with Gasteiger partial charge in [0.25, 0.3) is 0 Å². The predicted molar refractivity (Wildman–Crippen MR) is 87.7 cm³/mol. The molecule has 1 aromatic carbocycles. The molecule has 21 heavy (non-hydrogen) atoms. The van der Waals surface area contributed by atoms with Gasteiger partial charge in [-0.05, 0) is 48.2 Å². The molecule has 1 atom stereocenters. The molecular formula is C13H21BrN4O2S. The van der Waals surface area contributed by atoms with Gasteiger partial charge in [0.1, 0.15) is 0 Å². The van der Waals surface area contributed by atoms with Gasteiger partial charge in [-0.15, -0.1) is 0 Å². The molecule has 6 nitrogen and oxygen atoms in total. The highest BCUT2D eigenvalue weighted by molar-refractivity contribution is 9.10. The van der Waals surface area contributed by atoms with E-state index in [1.165, 1.54) is 6.07 Å². The second-order valence-corrected chi connectivity index (χ2v) is 8.03. The first-order valence-corrected chi connectivity index (χ1v) is 9.00. The summed E-state index contributed by atoms with van der Waals surface area (Å²) in [5, 5.41) is 0. The number of nitrogens with zero attached hydrogens (tertiary/aromatic N) is 2. The van der Waals surface area contributed by atoms with Crippen LogP contribution in [0.4, 0.5) is 5.69 Å². The lowest BCUT2D eigenvalue weighted by atomic mass is 10.2. The van der Waals surface area contributed by atoms with Crippen molar-refractivity contribution in [2.24, 2.45) is 0 Å². The van der Waals surface area contributed by atoms with Crippen LogP contribution in [0.5, 0.6) is 0 Å². The van der Waals surface area contributed by atoms with Crippen LogP contribution in [0.25, 0.3) is 0 Å². The Balaban J connectivity index is 2.09. The highest BCUT2D eigenvalue weighted by Crippen LogP contribution is 2.24. The molecule has 1 aliphatic heterocycles. The zero-order chi connectivity index (χ0) is 15.6. The van der Waals surface area contributed by atoms with Crippen LogP contribution >= 0.6 is 15.9 Å². The number of nitrogens with two attached hydrogens (primary N) is 1. The van der Waals surface area contributed by atoms with E-state index < -0.39 is 10.0 Å².